The van der Waals surface area contributed by atoms with Gasteiger partial charge in [0.15, 0.2) is 5.13 Å². The van der Waals surface area contributed by atoms with Gasteiger partial charge in [0.05, 0.1) is 15.5 Å². The van der Waals surface area contributed by atoms with E-state index in [4.69, 9.17) is 11.6 Å². The first-order valence-electron chi connectivity index (χ1n) is 5.60. The van der Waals surface area contributed by atoms with Crippen molar-refractivity contribution in [1.82, 2.24) is 4.98 Å². The fourth-order valence-electron chi connectivity index (χ4n) is 1.64. The fraction of sp³-hybridized carbons (Fsp3) is 0.182. The number of sulfonamides is 1. The first-order valence-corrected chi connectivity index (χ1v) is 8.34. The molecule has 1 aromatic carbocycles. The number of anilines is 1. The number of rotatable bonds is 4. The topological polar surface area (TPSA) is 102 Å². The number of aromatic nitrogens is 1. The molecule has 0 bridgehead atoms. The van der Waals surface area contributed by atoms with Gasteiger partial charge in [-0.2, -0.15) is 0 Å². The lowest BCUT2D eigenvalue weighted by Gasteiger charge is -2.08. The zero-order valence-electron chi connectivity index (χ0n) is 11.0. The maximum atomic E-state index is 12.3. The summed E-state index contributed by atoms with van der Waals surface area (Å²) in [6.07, 6.45) is 0. The molecule has 0 amide bonds. The molecule has 2 aromatic rings. The largest absolute Gasteiger partial charge is 0.289 e. The van der Waals surface area contributed by atoms with Crippen LogP contribution in [-0.2, 0) is 10.0 Å². The van der Waals surface area contributed by atoms with E-state index in [0.29, 0.717) is 11.3 Å². The molecule has 0 aliphatic carbocycles. The van der Waals surface area contributed by atoms with Crippen LogP contribution in [0.2, 0.25) is 5.02 Å². The second-order valence-corrected chi connectivity index (χ2v) is 7.14. The van der Waals surface area contributed by atoms with E-state index in [1.165, 1.54) is 13.0 Å². The van der Waals surface area contributed by atoms with E-state index in [9.17, 15) is 18.5 Å². The minimum atomic E-state index is -3.97. The summed E-state index contributed by atoms with van der Waals surface area (Å²) in [7, 11) is -3.97. The molecule has 1 aromatic heterocycles. The van der Waals surface area contributed by atoms with Crippen molar-refractivity contribution in [2.45, 2.75) is 18.7 Å². The van der Waals surface area contributed by atoms with E-state index in [0.717, 1.165) is 17.4 Å². The van der Waals surface area contributed by atoms with Gasteiger partial charge >= 0.3 is 0 Å². The zero-order chi connectivity index (χ0) is 15.8. The van der Waals surface area contributed by atoms with Crippen molar-refractivity contribution in [2.24, 2.45) is 0 Å². The molecule has 2 rings (SSSR count). The maximum Gasteiger partial charge on any atom is 0.289 e. The van der Waals surface area contributed by atoms with Crippen LogP contribution in [0.15, 0.2) is 22.4 Å². The van der Waals surface area contributed by atoms with Crippen LogP contribution in [0.1, 0.15) is 11.3 Å². The minimum Gasteiger partial charge on any atom is -0.258 e. The summed E-state index contributed by atoms with van der Waals surface area (Å²) >= 11 is 6.87. The number of benzene rings is 1. The summed E-state index contributed by atoms with van der Waals surface area (Å²) < 4.78 is 26.9. The number of hydrogen-bond acceptors (Lipinski definition) is 6. The van der Waals surface area contributed by atoms with Crippen LogP contribution < -0.4 is 4.72 Å². The van der Waals surface area contributed by atoms with Crippen LogP contribution in [0.25, 0.3) is 0 Å². The maximum absolute atomic E-state index is 12.3. The lowest BCUT2D eigenvalue weighted by Crippen LogP contribution is -2.14. The van der Waals surface area contributed by atoms with Gasteiger partial charge in [-0.3, -0.25) is 14.8 Å². The average molecular weight is 348 g/mol. The summed E-state index contributed by atoms with van der Waals surface area (Å²) in [6.45, 7) is 3.24. The highest BCUT2D eigenvalue weighted by Gasteiger charge is 2.24. The van der Waals surface area contributed by atoms with Crippen LogP contribution in [0.3, 0.4) is 0 Å². The highest BCUT2D eigenvalue weighted by Crippen LogP contribution is 2.31. The van der Waals surface area contributed by atoms with E-state index in [2.05, 4.69) is 9.71 Å². The van der Waals surface area contributed by atoms with Gasteiger partial charge in [0.25, 0.3) is 15.7 Å². The number of thiazole rings is 1. The molecule has 0 saturated heterocycles. The van der Waals surface area contributed by atoms with Gasteiger partial charge in [0.1, 0.15) is 5.02 Å². The Morgan fingerprint density at radius 2 is 2.05 bits per heavy atom. The Morgan fingerprint density at radius 3 is 2.57 bits per heavy atom. The number of aryl methyl sites for hydroxylation is 2. The number of hydrogen-bond donors (Lipinski definition) is 1. The summed E-state index contributed by atoms with van der Waals surface area (Å²) in [6, 6.07) is 2.20. The molecule has 0 radical (unpaired) electrons. The molecular weight excluding hydrogens is 338 g/mol. The Balaban J connectivity index is 2.49. The Labute approximate surface area is 129 Å². The predicted molar refractivity (Wildman–Crippen MR) is 80.5 cm³/mol. The molecule has 0 aliphatic heterocycles. The Morgan fingerprint density at radius 1 is 1.38 bits per heavy atom. The molecule has 1 heterocycles. The summed E-state index contributed by atoms with van der Waals surface area (Å²) in [5.41, 5.74) is 0.529. The number of nitrogens with zero attached hydrogens (tertiary/aromatic N) is 2. The minimum absolute atomic E-state index is 0.110. The van der Waals surface area contributed by atoms with Gasteiger partial charge < -0.3 is 0 Å². The second-order valence-electron chi connectivity index (χ2n) is 4.23. The Kier molecular flexibility index (Phi) is 4.17. The molecule has 0 saturated carbocycles. The van der Waals surface area contributed by atoms with Gasteiger partial charge in [0.2, 0.25) is 0 Å². The summed E-state index contributed by atoms with van der Waals surface area (Å²) in [4.78, 5) is 13.9. The van der Waals surface area contributed by atoms with Gasteiger partial charge in [-0.15, -0.1) is 11.3 Å². The van der Waals surface area contributed by atoms with Gasteiger partial charge in [0, 0.05) is 11.4 Å². The van der Waals surface area contributed by atoms with E-state index >= 15 is 0 Å². The normalized spacial score (nSPS) is 11.4. The molecule has 112 valence electrons. The first kappa shape index (κ1) is 15.7. The van der Waals surface area contributed by atoms with Crippen LogP contribution >= 0.6 is 22.9 Å². The molecule has 1 N–H and O–H groups in total. The number of nitro groups is 1. The smallest absolute Gasteiger partial charge is 0.258 e. The Bertz CT molecular complexity index is 817. The number of halogens is 1. The highest BCUT2D eigenvalue weighted by atomic mass is 35.5. The SMILES string of the molecule is Cc1csc(NS(=O)(=O)c2cc([N+](=O)[O-])c(Cl)cc2C)n1. The number of nitro benzene ring substituents is 1. The zero-order valence-corrected chi connectivity index (χ0v) is 13.3. The predicted octanol–water partition coefficient (Wildman–Crippen LogP) is 3.12. The van der Waals surface area contributed by atoms with Gasteiger partial charge in [-0.25, -0.2) is 13.4 Å². The molecule has 21 heavy (non-hydrogen) atoms. The second kappa shape index (κ2) is 5.58. The highest BCUT2D eigenvalue weighted by molar-refractivity contribution is 7.93. The lowest BCUT2D eigenvalue weighted by atomic mass is 10.2. The monoisotopic (exact) mass is 347 g/mol. The summed E-state index contributed by atoms with van der Waals surface area (Å²) in [5.74, 6) is 0. The van der Waals surface area contributed by atoms with Gasteiger partial charge in [-0.1, -0.05) is 11.6 Å². The van der Waals surface area contributed by atoms with E-state index in [-0.39, 0.29) is 15.0 Å². The molecule has 0 spiro atoms. The van der Waals surface area contributed by atoms with Crippen LogP contribution in [0.4, 0.5) is 10.8 Å². The van der Waals surface area contributed by atoms with Crippen LogP contribution in [-0.4, -0.2) is 18.3 Å². The molecule has 10 heteroatoms. The van der Waals surface area contributed by atoms with Crippen molar-refractivity contribution in [2.75, 3.05) is 4.72 Å². The van der Waals surface area contributed by atoms with E-state index in [1.807, 2.05) is 0 Å². The van der Waals surface area contributed by atoms with Crippen molar-refractivity contribution in [1.29, 1.82) is 0 Å². The quantitative estimate of drug-likeness (QED) is 0.676. The standard InChI is InChI=1S/C11H10ClN3O4S2/c1-6-3-8(12)9(15(16)17)4-10(6)21(18,19)14-11-13-7(2)5-20-11/h3-5H,1-2H3,(H,13,14). The molecule has 0 unspecified atom stereocenters. The van der Waals surface area contributed by atoms with E-state index < -0.39 is 20.6 Å². The first-order chi connectivity index (χ1) is 9.70. The van der Waals surface area contributed by atoms with Crippen molar-refractivity contribution < 1.29 is 13.3 Å². The third kappa shape index (κ3) is 3.31. The Hall–Kier alpha value is -1.71. The molecule has 0 aliphatic rings. The average Bonchev–Trinajstić information content (AvgIpc) is 2.72. The third-order valence-corrected chi connectivity index (χ3v) is 5.36. The number of nitrogens with one attached hydrogen (secondary N) is 1. The van der Waals surface area contributed by atoms with Crippen molar-refractivity contribution in [3.8, 4) is 0 Å². The molecule has 0 atom stereocenters. The molecule has 7 nitrogen and oxygen atoms in total. The summed E-state index contributed by atoms with van der Waals surface area (Å²) in [5, 5.41) is 12.6. The fourth-order valence-corrected chi connectivity index (χ4v) is 4.12. The molecular formula is C11H10ClN3O4S2. The molecule has 0 fully saturated rings. The van der Waals surface area contributed by atoms with E-state index in [1.54, 1.807) is 12.3 Å². The third-order valence-electron chi connectivity index (χ3n) is 2.57. The van der Waals surface area contributed by atoms with Gasteiger partial charge in [-0.05, 0) is 25.5 Å². The van der Waals surface area contributed by atoms with Crippen LogP contribution in [0.5, 0.6) is 0 Å². The van der Waals surface area contributed by atoms with Crippen molar-refractivity contribution >= 4 is 43.8 Å². The van der Waals surface area contributed by atoms with Crippen LogP contribution in [0, 0.1) is 24.0 Å². The lowest BCUT2D eigenvalue weighted by molar-refractivity contribution is -0.384. The van der Waals surface area contributed by atoms with Crippen molar-refractivity contribution in [3.63, 3.8) is 0 Å². The van der Waals surface area contributed by atoms with Crippen molar-refractivity contribution in [3.05, 3.63) is 43.9 Å².